The van der Waals surface area contributed by atoms with Gasteiger partial charge < -0.3 is 14.5 Å². The quantitative estimate of drug-likeness (QED) is 0.352. The fraction of sp³-hybridized carbons (Fsp3) is 0.238. The molecule has 0 aliphatic heterocycles. The van der Waals surface area contributed by atoms with E-state index in [-0.39, 0.29) is 24.3 Å². The lowest BCUT2D eigenvalue weighted by Crippen LogP contribution is -2.13. The van der Waals surface area contributed by atoms with E-state index in [2.05, 4.69) is 4.98 Å². The number of rotatable bonds is 4. The molecule has 0 aliphatic carbocycles. The van der Waals surface area contributed by atoms with Gasteiger partial charge in [0.05, 0.1) is 23.0 Å². The summed E-state index contributed by atoms with van der Waals surface area (Å²) in [6.07, 6.45) is 0. The van der Waals surface area contributed by atoms with Crippen LogP contribution in [0.25, 0.3) is 38.1 Å². The molecule has 0 unspecified atom stereocenters. The summed E-state index contributed by atoms with van der Waals surface area (Å²) in [6.45, 7) is 4.26. The molecule has 1 aromatic carbocycles. The third-order valence-corrected chi connectivity index (χ3v) is 6.41. The number of hydrogen-bond acceptors (Lipinski definition) is 7. The largest absolute Gasteiger partial charge is 0.459 e. The van der Waals surface area contributed by atoms with Crippen LogP contribution in [0.5, 0.6) is 0 Å². The molecule has 4 aromatic heterocycles. The number of thiophene rings is 1. The number of esters is 1. The fourth-order valence-electron chi connectivity index (χ4n) is 3.65. The van der Waals surface area contributed by atoms with Crippen molar-refractivity contribution < 1.29 is 14.3 Å². The number of benzene rings is 1. The number of ether oxygens (including phenoxy) is 2. The summed E-state index contributed by atoms with van der Waals surface area (Å²) in [5.41, 5.74) is 3.45. The molecule has 0 atom stereocenters. The number of nitrogens with zero attached hydrogens (tertiary/aromatic N) is 3. The maximum atomic E-state index is 13.0. The topological polar surface area (TPSA) is 98.6 Å². The molecule has 5 rings (SSSR count). The maximum absolute atomic E-state index is 13.0. The molecule has 0 radical (unpaired) electrons. The number of carbonyl (C=O) groups is 1. The van der Waals surface area contributed by atoms with Crippen LogP contribution in [-0.4, -0.2) is 45.6 Å². The van der Waals surface area contributed by atoms with E-state index in [1.54, 1.807) is 0 Å². The van der Waals surface area contributed by atoms with Gasteiger partial charge in [0.25, 0.3) is 5.56 Å². The third kappa shape index (κ3) is 2.62. The zero-order valence-electron chi connectivity index (χ0n) is 16.6. The Bertz CT molecular complexity index is 1530. The van der Waals surface area contributed by atoms with Crippen LogP contribution in [0.3, 0.4) is 0 Å². The van der Waals surface area contributed by atoms with Crippen molar-refractivity contribution in [2.75, 3.05) is 20.3 Å². The number of aromatic nitrogens is 4. The summed E-state index contributed by atoms with van der Waals surface area (Å²) in [6, 6.07) is 7.45. The number of aryl methyl sites for hydroxylation is 2. The van der Waals surface area contributed by atoms with Crippen molar-refractivity contribution in [3.8, 4) is 0 Å². The van der Waals surface area contributed by atoms with Crippen LogP contribution in [0.15, 0.2) is 29.1 Å². The molecule has 1 N–H and O–H groups in total. The number of fused-ring (bicyclic) bond motifs is 6. The van der Waals surface area contributed by atoms with E-state index in [0.29, 0.717) is 33.2 Å². The summed E-state index contributed by atoms with van der Waals surface area (Å²) in [5.74, 6) is -0.580. The van der Waals surface area contributed by atoms with E-state index in [0.717, 1.165) is 15.3 Å². The first-order chi connectivity index (χ1) is 14.5. The number of hydrogen-bond donors (Lipinski definition) is 1. The first kappa shape index (κ1) is 18.7. The maximum Gasteiger partial charge on any atom is 0.344 e. The Morgan fingerprint density at radius 2 is 1.90 bits per heavy atom. The Morgan fingerprint density at radius 1 is 1.17 bits per heavy atom. The molecule has 0 amide bonds. The smallest absolute Gasteiger partial charge is 0.344 e. The predicted octanol–water partition coefficient (Wildman–Crippen LogP) is 3.36. The van der Waals surface area contributed by atoms with Crippen LogP contribution in [0.1, 0.15) is 20.8 Å². The first-order valence-corrected chi connectivity index (χ1v) is 10.2. The summed E-state index contributed by atoms with van der Waals surface area (Å²) in [4.78, 5) is 40.0. The zero-order chi connectivity index (χ0) is 21.0. The van der Waals surface area contributed by atoms with Gasteiger partial charge in [0.15, 0.2) is 5.65 Å². The van der Waals surface area contributed by atoms with Gasteiger partial charge in [-0.3, -0.25) is 9.20 Å². The van der Waals surface area contributed by atoms with Gasteiger partial charge in [-0.05, 0) is 31.5 Å². The number of nitrogens with one attached hydrogen (secondary N) is 1. The summed E-state index contributed by atoms with van der Waals surface area (Å²) in [7, 11) is 1.53. The van der Waals surface area contributed by atoms with Crippen molar-refractivity contribution in [2.45, 2.75) is 13.8 Å². The minimum absolute atomic E-state index is 0.0961. The highest BCUT2D eigenvalue weighted by atomic mass is 32.1. The zero-order valence-corrected chi connectivity index (χ0v) is 17.4. The second-order valence-corrected chi connectivity index (χ2v) is 8.19. The molecular weight excluding hydrogens is 404 g/mol. The minimum Gasteiger partial charge on any atom is -0.459 e. The summed E-state index contributed by atoms with van der Waals surface area (Å²) < 4.78 is 12.1. The number of para-hydroxylation sites is 2. The first-order valence-electron chi connectivity index (χ1n) is 9.40. The lowest BCUT2D eigenvalue weighted by Gasteiger charge is -2.04. The highest BCUT2D eigenvalue weighted by Gasteiger charge is 2.26. The molecule has 0 saturated heterocycles. The highest BCUT2D eigenvalue weighted by Crippen LogP contribution is 2.33. The monoisotopic (exact) mass is 422 g/mol. The van der Waals surface area contributed by atoms with Crippen LogP contribution in [0.4, 0.5) is 0 Å². The molecule has 0 spiro atoms. The Labute approximate surface area is 174 Å². The lowest BCUT2D eigenvalue weighted by molar-refractivity contribution is 0.0392. The Hall–Kier alpha value is -3.30. The molecule has 30 heavy (non-hydrogen) atoms. The highest BCUT2D eigenvalue weighted by molar-refractivity contribution is 7.18. The van der Waals surface area contributed by atoms with Crippen LogP contribution in [0.2, 0.25) is 0 Å². The Balaban J connectivity index is 1.95. The number of H-pyrrole nitrogens is 1. The molecule has 0 saturated carbocycles. The number of carbonyl (C=O) groups excluding carboxylic acids is 1. The number of methoxy groups -OCH3 is 1. The van der Waals surface area contributed by atoms with Gasteiger partial charge in [-0.2, -0.15) is 0 Å². The summed E-state index contributed by atoms with van der Waals surface area (Å²) >= 11 is 1.49. The van der Waals surface area contributed by atoms with Crippen molar-refractivity contribution in [2.24, 2.45) is 0 Å². The van der Waals surface area contributed by atoms with Crippen molar-refractivity contribution >= 4 is 55.4 Å². The van der Waals surface area contributed by atoms with Crippen LogP contribution in [-0.2, 0) is 9.47 Å². The molecule has 0 aliphatic rings. The van der Waals surface area contributed by atoms with Crippen LogP contribution in [0, 0.1) is 13.8 Å². The second-order valence-electron chi connectivity index (χ2n) is 6.99. The molecule has 0 bridgehead atoms. The molecule has 9 heteroatoms. The normalized spacial score (nSPS) is 11.8. The van der Waals surface area contributed by atoms with E-state index in [1.807, 2.05) is 42.5 Å². The Kier molecular flexibility index (Phi) is 4.30. The van der Waals surface area contributed by atoms with Gasteiger partial charge in [-0.15, -0.1) is 11.3 Å². The molecule has 0 fully saturated rings. The van der Waals surface area contributed by atoms with Crippen molar-refractivity contribution in [1.82, 2.24) is 19.4 Å². The van der Waals surface area contributed by atoms with E-state index in [9.17, 15) is 9.59 Å². The minimum atomic E-state index is -0.580. The number of aromatic amines is 1. The van der Waals surface area contributed by atoms with Crippen LogP contribution < -0.4 is 5.56 Å². The van der Waals surface area contributed by atoms with Gasteiger partial charge in [0.2, 0.25) is 0 Å². The van der Waals surface area contributed by atoms with Gasteiger partial charge in [-0.25, -0.2) is 14.8 Å². The van der Waals surface area contributed by atoms with E-state index >= 15 is 0 Å². The lowest BCUT2D eigenvalue weighted by atomic mass is 10.2. The van der Waals surface area contributed by atoms with E-state index < -0.39 is 5.97 Å². The van der Waals surface area contributed by atoms with Crippen molar-refractivity contribution in [3.05, 3.63) is 50.6 Å². The summed E-state index contributed by atoms with van der Waals surface area (Å²) in [5, 5.41) is 0.594. The van der Waals surface area contributed by atoms with Crippen LogP contribution >= 0.6 is 11.3 Å². The average molecular weight is 422 g/mol. The standard InChI is InChI=1S/C21H18N4O4S/c1-10-11(2)30-20-14(10)19(26)24-17-15(21(27)29-9-8-28-3)16-18(25(17)20)23-13-7-5-4-6-12(13)22-16/h4-7H,8-9H2,1-3H3,(H,24,26). The van der Waals surface area contributed by atoms with E-state index in [1.165, 1.54) is 18.4 Å². The molecule has 8 nitrogen and oxygen atoms in total. The molecule has 5 aromatic rings. The average Bonchev–Trinajstić information content (AvgIpc) is 3.20. The molecule has 152 valence electrons. The molecular formula is C21H18N4O4S. The van der Waals surface area contributed by atoms with Gasteiger partial charge in [0, 0.05) is 12.0 Å². The van der Waals surface area contributed by atoms with Gasteiger partial charge in [0.1, 0.15) is 28.2 Å². The van der Waals surface area contributed by atoms with Gasteiger partial charge in [-0.1, -0.05) is 12.1 Å². The third-order valence-electron chi connectivity index (χ3n) is 5.21. The van der Waals surface area contributed by atoms with Crippen molar-refractivity contribution in [1.29, 1.82) is 0 Å². The second kappa shape index (κ2) is 6.89. The molecule has 4 heterocycles. The predicted molar refractivity (Wildman–Crippen MR) is 116 cm³/mol. The SMILES string of the molecule is COCCOC(=O)c1c2nc3ccccc3nc2n2c1[nH]c(=O)c1c(C)c(C)sc12. The van der Waals surface area contributed by atoms with E-state index in [4.69, 9.17) is 19.4 Å². The van der Waals surface area contributed by atoms with Crippen molar-refractivity contribution in [3.63, 3.8) is 0 Å². The Morgan fingerprint density at radius 3 is 2.63 bits per heavy atom. The van der Waals surface area contributed by atoms with Gasteiger partial charge >= 0.3 is 5.97 Å². The fourth-order valence-corrected chi connectivity index (χ4v) is 4.81.